The van der Waals surface area contributed by atoms with Gasteiger partial charge in [-0.2, -0.15) is 0 Å². The molecule has 0 fully saturated rings. The van der Waals surface area contributed by atoms with Crippen LogP contribution in [-0.2, 0) is 6.54 Å². The van der Waals surface area contributed by atoms with E-state index in [9.17, 15) is 4.79 Å². The van der Waals surface area contributed by atoms with Gasteiger partial charge in [0.15, 0.2) is 4.80 Å². The minimum Gasteiger partial charge on any atom is -0.465 e. The molecule has 0 unspecified atom stereocenters. The third kappa shape index (κ3) is 1.35. The van der Waals surface area contributed by atoms with E-state index in [4.69, 9.17) is 4.42 Å². The Kier molecular flexibility index (Phi) is 1.85. The Bertz CT molecular complexity index is 649. The van der Waals surface area contributed by atoms with Gasteiger partial charge in [-0.1, -0.05) is 11.3 Å². The van der Waals surface area contributed by atoms with E-state index in [-0.39, 0.29) is 5.56 Å². The molecule has 0 N–H and O–H groups in total. The molecular formula is C10H8N2O2S. The van der Waals surface area contributed by atoms with Gasteiger partial charge < -0.3 is 4.42 Å². The summed E-state index contributed by atoms with van der Waals surface area (Å²) >= 11 is 1.42. The second kappa shape index (κ2) is 3.20. The summed E-state index contributed by atoms with van der Waals surface area (Å²) in [5.41, 5.74) is 0.0349. The molecule has 0 saturated heterocycles. The fraction of sp³-hybridized carbons (Fsp3) is 0.200. The number of aromatic nitrogens is 1. The van der Waals surface area contributed by atoms with Gasteiger partial charge in [0.05, 0.1) is 17.3 Å². The highest BCUT2D eigenvalue weighted by molar-refractivity contribution is 7.07. The highest BCUT2D eigenvalue weighted by Crippen LogP contribution is 1.99. The van der Waals surface area contributed by atoms with Crippen molar-refractivity contribution in [2.24, 2.45) is 4.99 Å². The fourth-order valence-electron chi connectivity index (χ4n) is 1.57. The molecular weight excluding hydrogens is 212 g/mol. The van der Waals surface area contributed by atoms with Gasteiger partial charge in [-0.15, -0.1) is 0 Å². The second-order valence-electron chi connectivity index (χ2n) is 3.25. The summed E-state index contributed by atoms with van der Waals surface area (Å²) in [5.74, 6) is 0.702. The summed E-state index contributed by atoms with van der Waals surface area (Å²) < 4.78 is 7.56. The van der Waals surface area contributed by atoms with Crippen molar-refractivity contribution < 1.29 is 4.42 Å². The van der Waals surface area contributed by atoms with Crippen LogP contribution in [0.25, 0.3) is 6.08 Å². The van der Waals surface area contributed by atoms with Crippen LogP contribution in [0, 0.1) is 0 Å². The Hall–Kier alpha value is -1.62. The van der Waals surface area contributed by atoms with Gasteiger partial charge in [0.25, 0.3) is 5.56 Å². The lowest BCUT2D eigenvalue weighted by atomic mass is 10.4. The lowest BCUT2D eigenvalue weighted by molar-refractivity contribution is 0.556. The van der Waals surface area contributed by atoms with Gasteiger partial charge >= 0.3 is 0 Å². The Labute approximate surface area is 88.8 Å². The summed E-state index contributed by atoms with van der Waals surface area (Å²) in [4.78, 5) is 16.9. The van der Waals surface area contributed by atoms with Crippen molar-refractivity contribution in [1.29, 1.82) is 0 Å². The van der Waals surface area contributed by atoms with Gasteiger partial charge in [0, 0.05) is 12.6 Å². The molecule has 15 heavy (non-hydrogen) atoms. The van der Waals surface area contributed by atoms with Crippen LogP contribution >= 0.6 is 11.3 Å². The van der Waals surface area contributed by atoms with Crippen molar-refractivity contribution in [2.45, 2.75) is 6.54 Å². The zero-order valence-corrected chi connectivity index (χ0v) is 8.66. The summed E-state index contributed by atoms with van der Waals surface area (Å²) in [7, 11) is 0. The van der Waals surface area contributed by atoms with Crippen LogP contribution in [0.5, 0.6) is 0 Å². The van der Waals surface area contributed by atoms with E-state index < -0.39 is 0 Å². The van der Waals surface area contributed by atoms with Gasteiger partial charge in [-0.25, -0.2) is 0 Å². The molecule has 0 spiro atoms. The van der Waals surface area contributed by atoms with E-state index in [2.05, 4.69) is 4.99 Å². The molecule has 0 aliphatic carbocycles. The molecule has 3 heterocycles. The third-order valence-corrected chi connectivity index (χ3v) is 3.32. The Morgan fingerprint density at radius 2 is 2.53 bits per heavy atom. The molecule has 1 aliphatic rings. The number of nitrogens with zero attached hydrogens (tertiary/aromatic N) is 2. The third-order valence-electron chi connectivity index (χ3n) is 2.28. The molecule has 0 bridgehead atoms. The molecule has 0 aromatic carbocycles. The number of thiazole rings is 1. The SMILES string of the molecule is O=c1/c(=C\c2ccco2)sc2n1CCN=2. The lowest BCUT2D eigenvalue weighted by Gasteiger charge is -1.85. The van der Waals surface area contributed by atoms with Gasteiger partial charge in [0.1, 0.15) is 5.76 Å². The van der Waals surface area contributed by atoms with Gasteiger partial charge in [-0.3, -0.25) is 14.4 Å². The number of rotatable bonds is 1. The van der Waals surface area contributed by atoms with Crippen LogP contribution in [0.2, 0.25) is 0 Å². The molecule has 5 heteroatoms. The number of hydrogen-bond donors (Lipinski definition) is 0. The largest absolute Gasteiger partial charge is 0.465 e. The van der Waals surface area contributed by atoms with E-state index in [1.807, 2.05) is 6.07 Å². The highest BCUT2D eigenvalue weighted by atomic mass is 32.1. The maximum absolute atomic E-state index is 11.8. The summed E-state index contributed by atoms with van der Waals surface area (Å²) in [6.07, 6.45) is 3.35. The Morgan fingerprint density at radius 1 is 1.60 bits per heavy atom. The van der Waals surface area contributed by atoms with E-state index in [0.29, 0.717) is 16.8 Å². The van der Waals surface area contributed by atoms with Crippen LogP contribution in [0.1, 0.15) is 5.76 Å². The molecule has 0 atom stereocenters. The van der Waals surface area contributed by atoms with Crippen LogP contribution < -0.4 is 14.9 Å². The van der Waals surface area contributed by atoms with Crippen LogP contribution in [-0.4, -0.2) is 11.1 Å². The molecule has 4 nitrogen and oxygen atoms in total. The number of furan rings is 1. The van der Waals surface area contributed by atoms with Crippen LogP contribution in [0.4, 0.5) is 0 Å². The summed E-state index contributed by atoms with van der Waals surface area (Å²) in [6, 6.07) is 3.63. The van der Waals surface area contributed by atoms with Crippen LogP contribution in [0.3, 0.4) is 0 Å². The number of hydrogen-bond acceptors (Lipinski definition) is 4. The standard InChI is InChI=1S/C10H8N2O2S/c13-9-8(6-7-2-1-5-14-7)15-10-11-3-4-12(9)10/h1-2,5-6H,3-4H2/b8-6+. The maximum Gasteiger partial charge on any atom is 0.270 e. The van der Waals surface area contributed by atoms with E-state index in [1.165, 1.54) is 11.3 Å². The first-order valence-corrected chi connectivity index (χ1v) is 5.45. The number of fused-ring (bicyclic) bond motifs is 1. The summed E-state index contributed by atoms with van der Waals surface area (Å²) in [6.45, 7) is 1.43. The smallest absolute Gasteiger partial charge is 0.270 e. The van der Waals surface area contributed by atoms with Crippen LogP contribution in [0.15, 0.2) is 32.6 Å². The quantitative estimate of drug-likeness (QED) is 0.677. The van der Waals surface area contributed by atoms with Crippen molar-refractivity contribution in [3.8, 4) is 0 Å². The first kappa shape index (κ1) is 8.67. The topological polar surface area (TPSA) is 47.5 Å². The van der Waals surface area contributed by atoms with Crippen molar-refractivity contribution in [2.75, 3.05) is 6.54 Å². The van der Waals surface area contributed by atoms with Gasteiger partial charge in [0.2, 0.25) is 0 Å². The molecule has 2 aromatic rings. The van der Waals surface area contributed by atoms with E-state index in [0.717, 1.165) is 11.3 Å². The first-order chi connectivity index (χ1) is 7.34. The Morgan fingerprint density at radius 3 is 3.27 bits per heavy atom. The van der Waals surface area contributed by atoms with Crippen molar-refractivity contribution in [3.63, 3.8) is 0 Å². The van der Waals surface area contributed by atoms with Crippen molar-refractivity contribution in [3.05, 3.63) is 43.8 Å². The molecule has 0 radical (unpaired) electrons. The predicted octanol–water partition coefficient (Wildman–Crippen LogP) is -0.0352. The minimum absolute atomic E-state index is 0.0349. The van der Waals surface area contributed by atoms with E-state index >= 15 is 0 Å². The average molecular weight is 220 g/mol. The zero-order valence-electron chi connectivity index (χ0n) is 7.84. The molecule has 0 saturated carbocycles. The molecule has 76 valence electrons. The van der Waals surface area contributed by atoms with Crippen molar-refractivity contribution >= 4 is 17.4 Å². The molecule has 3 rings (SSSR count). The van der Waals surface area contributed by atoms with E-state index in [1.54, 1.807) is 23.0 Å². The molecule has 1 aliphatic heterocycles. The van der Waals surface area contributed by atoms with Crippen molar-refractivity contribution in [1.82, 2.24) is 4.57 Å². The monoisotopic (exact) mass is 220 g/mol. The molecule has 0 amide bonds. The first-order valence-electron chi connectivity index (χ1n) is 4.64. The zero-order chi connectivity index (χ0) is 10.3. The summed E-state index contributed by atoms with van der Waals surface area (Å²) in [5, 5.41) is 0. The Balaban J connectivity index is 2.26. The average Bonchev–Trinajstić information content (AvgIpc) is 2.89. The fourth-order valence-corrected chi connectivity index (χ4v) is 2.58. The predicted molar refractivity (Wildman–Crippen MR) is 56.5 cm³/mol. The minimum atomic E-state index is 0.0349. The van der Waals surface area contributed by atoms with Gasteiger partial charge in [-0.05, 0) is 12.1 Å². The maximum atomic E-state index is 11.8. The lowest BCUT2D eigenvalue weighted by Crippen LogP contribution is -2.29. The highest BCUT2D eigenvalue weighted by Gasteiger charge is 2.09. The normalized spacial score (nSPS) is 15.3. The second-order valence-corrected chi connectivity index (χ2v) is 4.26. The molecule has 2 aromatic heterocycles.